The number of carbonyl (C=O) groups is 1. The van der Waals surface area contributed by atoms with Gasteiger partial charge in [0.05, 0.1) is 18.2 Å². The van der Waals surface area contributed by atoms with E-state index in [0.29, 0.717) is 12.1 Å². The van der Waals surface area contributed by atoms with Gasteiger partial charge in [-0.15, -0.1) is 0 Å². The van der Waals surface area contributed by atoms with Gasteiger partial charge in [0.25, 0.3) is 0 Å². The van der Waals surface area contributed by atoms with E-state index < -0.39 is 0 Å². The van der Waals surface area contributed by atoms with Crippen LogP contribution in [-0.2, 0) is 24.3 Å². The van der Waals surface area contributed by atoms with Gasteiger partial charge in [0, 0.05) is 45.8 Å². The summed E-state index contributed by atoms with van der Waals surface area (Å²) in [7, 11) is 0. The molecule has 0 N–H and O–H groups in total. The van der Waals surface area contributed by atoms with Gasteiger partial charge in [0.2, 0.25) is 5.91 Å². The first kappa shape index (κ1) is 18.7. The van der Waals surface area contributed by atoms with Crippen molar-refractivity contribution in [2.45, 2.75) is 19.5 Å². The number of fused-ring (bicyclic) bond motifs is 1. The summed E-state index contributed by atoms with van der Waals surface area (Å²) in [5, 5.41) is 8.90. The zero-order valence-corrected chi connectivity index (χ0v) is 16.2. The molecular weight excluding hydrogens is 348 g/mol. The fourth-order valence-electron chi connectivity index (χ4n) is 4.05. The molecule has 1 fully saturated rings. The molecule has 0 aliphatic carbocycles. The average Bonchev–Trinajstić information content (AvgIpc) is 2.75. The van der Waals surface area contributed by atoms with Gasteiger partial charge >= 0.3 is 0 Å². The second-order valence-electron chi connectivity index (χ2n) is 7.70. The second kappa shape index (κ2) is 8.55. The summed E-state index contributed by atoms with van der Waals surface area (Å²) in [6, 6.07) is 18.4. The minimum Gasteiger partial charge on any atom is -0.337 e. The van der Waals surface area contributed by atoms with Crippen molar-refractivity contribution in [1.82, 2.24) is 14.7 Å². The summed E-state index contributed by atoms with van der Waals surface area (Å²) in [4.78, 5) is 19.5. The number of amides is 1. The maximum absolute atomic E-state index is 12.8. The molecule has 4 rings (SSSR count). The smallest absolute Gasteiger partial charge is 0.237 e. The van der Waals surface area contributed by atoms with Gasteiger partial charge in [-0.2, -0.15) is 5.26 Å². The van der Waals surface area contributed by atoms with Crippen molar-refractivity contribution < 1.29 is 4.79 Å². The molecule has 2 aliphatic heterocycles. The fraction of sp³-hybridized carbons (Fsp3) is 0.391. The van der Waals surface area contributed by atoms with Gasteiger partial charge < -0.3 is 4.90 Å². The van der Waals surface area contributed by atoms with Gasteiger partial charge in [-0.1, -0.05) is 36.4 Å². The molecule has 144 valence electrons. The van der Waals surface area contributed by atoms with Gasteiger partial charge in [0.15, 0.2) is 0 Å². The van der Waals surface area contributed by atoms with Crippen LogP contribution in [0.3, 0.4) is 0 Å². The predicted octanol–water partition coefficient (Wildman–Crippen LogP) is 2.26. The van der Waals surface area contributed by atoms with Crippen molar-refractivity contribution in [1.29, 1.82) is 5.26 Å². The molecule has 0 spiro atoms. The molecule has 1 saturated heterocycles. The van der Waals surface area contributed by atoms with Gasteiger partial charge in [-0.05, 0) is 35.2 Å². The minimum absolute atomic E-state index is 0.245. The van der Waals surface area contributed by atoms with E-state index in [2.05, 4.69) is 40.1 Å². The first-order valence-electron chi connectivity index (χ1n) is 9.99. The molecule has 2 aliphatic rings. The topological polar surface area (TPSA) is 50.6 Å². The molecule has 2 aromatic rings. The predicted molar refractivity (Wildman–Crippen MR) is 108 cm³/mol. The van der Waals surface area contributed by atoms with E-state index in [9.17, 15) is 4.79 Å². The number of hydrogen-bond donors (Lipinski definition) is 0. The first-order chi connectivity index (χ1) is 13.7. The molecule has 0 aromatic heterocycles. The van der Waals surface area contributed by atoms with Crippen LogP contribution in [0.25, 0.3) is 0 Å². The summed E-state index contributed by atoms with van der Waals surface area (Å²) < 4.78 is 0. The number of nitrogens with zero attached hydrogens (tertiary/aromatic N) is 4. The zero-order valence-electron chi connectivity index (χ0n) is 16.2. The lowest BCUT2D eigenvalue weighted by atomic mass is 10.00. The number of hydrogen-bond acceptors (Lipinski definition) is 4. The third-order valence-corrected chi connectivity index (χ3v) is 5.80. The number of rotatable bonds is 4. The monoisotopic (exact) mass is 374 g/mol. The Balaban J connectivity index is 1.24. The van der Waals surface area contributed by atoms with Crippen molar-refractivity contribution in [3.8, 4) is 6.07 Å². The molecule has 28 heavy (non-hydrogen) atoms. The highest BCUT2D eigenvalue weighted by Crippen LogP contribution is 2.19. The summed E-state index contributed by atoms with van der Waals surface area (Å²) in [5.41, 5.74) is 4.60. The Morgan fingerprint density at radius 2 is 1.57 bits per heavy atom. The SMILES string of the molecule is N#Cc1ccc(CN2CCN(CC(=O)N3CCc4ccccc4C3)CC2)cc1. The Hall–Kier alpha value is -2.68. The van der Waals surface area contributed by atoms with Crippen LogP contribution >= 0.6 is 0 Å². The highest BCUT2D eigenvalue weighted by atomic mass is 16.2. The van der Waals surface area contributed by atoms with E-state index in [0.717, 1.165) is 52.2 Å². The Morgan fingerprint density at radius 1 is 0.893 bits per heavy atom. The summed E-state index contributed by atoms with van der Waals surface area (Å²) in [6.07, 6.45) is 0.959. The summed E-state index contributed by atoms with van der Waals surface area (Å²) in [5.74, 6) is 0.245. The van der Waals surface area contributed by atoms with E-state index in [4.69, 9.17) is 5.26 Å². The standard InChI is InChI=1S/C23H26N4O/c24-15-19-5-7-20(8-6-19)16-25-11-13-26(14-12-25)18-23(28)27-10-9-21-3-1-2-4-22(21)17-27/h1-8H,9-14,16-18H2. The molecule has 5 heteroatoms. The second-order valence-corrected chi connectivity index (χ2v) is 7.70. The molecule has 5 nitrogen and oxygen atoms in total. The molecule has 0 saturated carbocycles. The maximum atomic E-state index is 12.8. The van der Waals surface area contributed by atoms with Crippen molar-refractivity contribution in [3.63, 3.8) is 0 Å². The lowest BCUT2D eigenvalue weighted by Gasteiger charge is -2.36. The molecule has 0 atom stereocenters. The summed E-state index contributed by atoms with van der Waals surface area (Å²) in [6.45, 7) is 6.77. The van der Waals surface area contributed by atoms with Crippen LogP contribution in [-0.4, -0.2) is 59.9 Å². The Bertz CT molecular complexity index is 863. The van der Waals surface area contributed by atoms with Crippen molar-refractivity contribution >= 4 is 5.91 Å². The van der Waals surface area contributed by atoms with Gasteiger partial charge in [0.1, 0.15) is 0 Å². The average molecular weight is 374 g/mol. The largest absolute Gasteiger partial charge is 0.337 e. The van der Waals surface area contributed by atoms with Crippen LogP contribution < -0.4 is 0 Å². The molecule has 0 radical (unpaired) electrons. The quantitative estimate of drug-likeness (QED) is 0.824. The Kier molecular flexibility index (Phi) is 5.70. The van der Waals surface area contributed by atoms with Gasteiger partial charge in [-0.3, -0.25) is 14.6 Å². The lowest BCUT2D eigenvalue weighted by molar-refractivity contribution is -0.133. The minimum atomic E-state index is 0.245. The molecule has 2 aromatic carbocycles. The van der Waals surface area contributed by atoms with E-state index in [1.807, 2.05) is 29.2 Å². The third kappa shape index (κ3) is 4.41. The van der Waals surface area contributed by atoms with Crippen LogP contribution in [0.2, 0.25) is 0 Å². The third-order valence-electron chi connectivity index (χ3n) is 5.80. The normalized spacial score (nSPS) is 17.8. The molecule has 1 amide bonds. The van der Waals surface area contributed by atoms with Crippen LogP contribution in [0.5, 0.6) is 0 Å². The highest BCUT2D eigenvalue weighted by molar-refractivity contribution is 5.78. The Labute approximate surface area is 166 Å². The summed E-state index contributed by atoms with van der Waals surface area (Å²) >= 11 is 0. The van der Waals surface area contributed by atoms with Crippen LogP contribution in [0.15, 0.2) is 48.5 Å². The maximum Gasteiger partial charge on any atom is 0.237 e. The first-order valence-corrected chi connectivity index (χ1v) is 9.99. The lowest BCUT2D eigenvalue weighted by Crippen LogP contribution is -2.50. The fourth-order valence-corrected chi connectivity index (χ4v) is 4.05. The van der Waals surface area contributed by atoms with E-state index in [1.165, 1.54) is 16.7 Å². The number of piperazine rings is 1. The van der Waals surface area contributed by atoms with Crippen molar-refractivity contribution in [2.24, 2.45) is 0 Å². The number of nitriles is 1. The highest BCUT2D eigenvalue weighted by Gasteiger charge is 2.24. The van der Waals surface area contributed by atoms with Crippen LogP contribution in [0.1, 0.15) is 22.3 Å². The van der Waals surface area contributed by atoms with E-state index in [1.54, 1.807) is 0 Å². The Morgan fingerprint density at radius 3 is 2.29 bits per heavy atom. The van der Waals surface area contributed by atoms with Crippen molar-refractivity contribution in [2.75, 3.05) is 39.3 Å². The zero-order chi connectivity index (χ0) is 19.3. The molecular formula is C23H26N4O. The van der Waals surface area contributed by atoms with Crippen LogP contribution in [0, 0.1) is 11.3 Å². The van der Waals surface area contributed by atoms with Crippen LogP contribution in [0.4, 0.5) is 0 Å². The van der Waals surface area contributed by atoms with E-state index in [-0.39, 0.29) is 5.91 Å². The number of benzene rings is 2. The van der Waals surface area contributed by atoms with E-state index >= 15 is 0 Å². The molecule has 0 unspecified atom stereocenters. The molecule has 2 heterocycles. The number of carbonyl (C=O) groups excluding carboxylic acids is 1. The van der Waals surface area contributed by atoms with Gasteiger partial charge in [-0.25, -0.2) is 0 Å². The van der Waals surface area contributed by atoms with Crippen molar-refractivity contribution in [3.05, 3.63) is 70.8 Å². The molecule has 0 bridgehead atoms.